The van der Waals surface area contributed by atoms with E-state index >= 15 is 0 Å². The van der Waals surface area contributed by atoms with Crippen LogP contribution in [0.1, 0.15) is 32.0 Å². The summed E-state index contributed by atoms with van der Waals surface area (Å²) in [5, 5.41) is 25.4. The maximum Gasteiger partial charge on any atom is 0.349 e. The lowest BCUT2D eigenvalue weighted by Crippen LogP contribution is -2.27. The van der Waals surface area contributed by atoms with Gasteiger partial charge in [-0.05, 0) is 37.3 Å². The highest BCUT2D eigenvalue weighted by Crippen LogP contribution is 2.30. The molecule has 0 radical (unpaired) electrons. The second-order valence-electron chi connectivity index (χ2n) is 7.45. The molecule has 2 heterocycles. The zero-order chi connectivity index (χ0) is 26.0. The number of furan rings is 1. The first-order valence-corrected chi connectivity index (χ1v) is 10.2. The van der Waals surface area contributed by atoms with Gasteiger partial charge in [0.25, 0.3) is 17.3 Å². The van der Waals surface area contributed by atoms with Gasteiger partial charge in [-0.3, -0.25) is 25.0 Å². The topological polar surface area (TPSA) is 185 Å². The fourth-order valence-electron chi connectivity index (χ4n) is 3.34. The van der Waals surface area contributed by atoms with Crippen molar-refractivity contribution in [1.29, 1.82) is 0 Å². The molecule has 0 fully saturated rings. The van der Waals surface area contributed by atoms with Crippen LogP contribution in [0.4, 0.5) is 11.4 Å². The molecule has 0 saturated heterocycles. The van der Waals surface area contributed by atoms with Crippen LogP contribution in [0.3, 0.4) is 0 Å². The van der Waals surface area contributed by atoms with Crippen molar-refractivity contribution in [3.63, 3.8) is 0 Å². The summed E-state index contributed by atoms with van der Waals surface area (Å²) >= 11 is 0. The molecule has 2 aromatic heterocycles. The van der Waals surface area contributed by atoms with Gasteiger partial charge in [0.15, 0.2) is 0 Å². The number of nitrogens with one attached hydrogen (secondary N) is 1. The molecule has 0 spiro atoms. The summed E-state index contributed by atoms with van der Waals surface area (Å²) in [6.07, 6.45) is 1.44. The van der Waals surface area contributed by atoms with Crippen LogP contribution in [-0.2, 0) is 6.54 Å². The average Bonchev–Trinajstić information content (AvgIpc) is 3.35. The maximum atomic E-state index is 12.6. The van der Waals surface area contributed by atoms with Gasteiger partial charge in [0.2, 0.25) is 0 Å². The monoisotopic (exact) mass is 493 g/mol. The van der Waals surface area contributed by atoms with E-state index in [0.29, 0.717) is 11.1 Å². The zero-order valence-corrected chi connectivity index (χ0v) is 18.4. The number of rotatable bonds is 7. The van der Waals surface area contributed by atoms with Gasteiger partial charge in [0.05, 0.1) is 28.2 Å². The van der Waals surface area contributed by atoms with Crippen LogP contribution >= 0.6 is 0 Å². The van der Waals surface area contributed by atoms with Crippen LogP contribution in [0.5, 0.6) is 5.75 Å². The van der Waals surface area contributed by atoms with E-state index in [1.165, 1.54) is 37.5 Å². The molecule has 13 heteroatoms. The molecule has 2 aromatic carbocycles. The maximum absolute atomic E-state index is 12.6. The van der Waals surface area contributed by atoms with Crippen molar-refractivity contribution in [2.75, 3.05) is 0 Å². The third-order valence-corrected chi connectivity index (χ3v) is 5.15. The minimum atomic E-state index is -1.10. The molecule has 0 aliphatic rings. The number of carbonyl (C=O) groups excluding carboxylic acids is 2. The minimum Gasteiger partial charge on any atom is -0.467 e. The van der Waals surface area contributed by atoms with E-state index in [1.54, 1.807) is 12.1 Å². The third kappa shape index (κ3) is 4.79. The van der Waals surface area contributed by atoms with Gasteiger partial charge in [-0.2, -0.15) is 0 Å². The summed E-state index contributed by atoms with van der Waals surface area (Å²) < 4.78 is 15.5. The smallest absolute Gasteiger partial charge is 0.349 e. The largest absolute Gasteiger partial charge is 0.467 e. The average molecular weight is 493 g/mol. The SMILES string of the molecule is Cc1c([N+](=O)[O-])cc(C(=O)Oc2ccc3cc(C(=O)NCc4ccco4)c(=O)oc3c2)cc1[N+](=O)[O-]. The molecular weight excluding hydrogens is 478 g/mol. The highest BCUT2D eigenvalue weighted by molar-refractivity contribution is 5.97. The number of nitro benzene ring substituents is 2. The fraction of sp³-hybridized carbons (Fsp3) is 0.0870. The summed E-state index contributed by atoms with van der Waals surface area (Å²) in [5.41, 5.74) is -3.04. The van der Waals surface area contributed by atoms with Gasteiger partial charge < -0.3 is 18.9 Å². The standard InChI is InChI=1S/C23H15N3O10/c1-12-18(25(30)31)8-14(9-19(12)26(32)33)22(28)35-15-5-4-13-7-17(23(29)36-20(13)10-15)21(27)24-11-16-3-2-6-34-16/h2-10H,11H2,1H3,(H,24,27). The lowest BCUT2D eigenvalue weighted by molar-refractivity contribution is -0.395. The van der Waals surface area contributed by atoms with Crippen molar-refractivity contribution in [1.82, 2.24) is 5.32 Å². The number of nitrogens with zero attached hydrogens (tertiary/aromatic N) is 2. The van der Waals surface area contributed by atoms with Crippen LogP contribution in [-0.4, -0.2) is 21.7 Å². The van der Waals surface area contributed by atoms with E-state index < -0.39 is 44.3 Å². The molecule has 36 heavy (non-hydrogen) atoms. The molecule has 13 nitrogen and oxygen atoms in total. The second kappa shape index (κ2) is 9.50. The Balaban J connectivity index is 1.58. The first kappa shape index (κ1) is 23.8. The Morgan fingerprint density at radius 1 is 1.03 bits per heavy atom. The highest BCUT2D eigenvalue weighted by Gasteiger charge is 2.26. The zero-order valence-electron chi connectivity index (χ0n) is 18.4. The number of fused-ring (bicyclic) bond motifs is 1. The van der Waals surface area contributed by atoms with E-state index in [-0.39, 0.29) is 29.0 Å². The van der Waals surface area contributed by atoms with E-state index in [9.17, 15) is 34.6 Å². The number of ether oxygens (including phenoxy) is 1. The molecule has 0 saturated carbocycles. The Kier molecular flexibility index (Phi) is 6.28. The first-order valence-electron chi connectivity index (χ1n) is 10.2. The van der Waals surface area contributed by atoms with Gasteiger partial charge in [-0.15, -0.1) is 0 Å². The van der Waals surface area contributed by atoms with Crippen LogP contribution in [0, 0.1) is 27.2 Å². The number of hydrogen-bond acceptors (Lipinski definition) is 10. The van der Waals surface area contributed by atoms with E-state index in [4.69, 9.17) is 13.6 Å². The Morgan fingerprint density at radius 3 is 2.33 bits per heavy atom. The van der Waals surface area contributed by atoms with Gasteiger partial charge in [-0.1, -0.05) is 0 Å². The Labute approximate surface area is 200 Å². The molecule has 0 unspecified atom stereocenters. The van der Waals surface area contributed by atoms with Crippen molar-refractivity contribution in [3.8, 4) is 5.75 Å². The minimum absolute atomic E-state index is 0.00579. The van der Waals surface area contributed by atoms with Gasteiger partial charge in [-0.25, -0.2) is 9.59 Å². The summed E-state index contributed by atoms with van der Waals surface area (Å²) in [7, 11) is 0. The predicted octanol–water partition coefficient (Wildman–Crippen LogP) is 3.66. The summed E-state index contributed by atoms with van der Waals surface area (Å²) in [5.74, 6) is -1.39. The molecule has 0 atom stereocenters. The highest BCUT2D eigenvalue weighted by atomic mass is 16.6. The number of amides is 1. The number of hydrogen-bond donors (Lipinski definition) is 1. The number of esters is 1. The Bertz CT molecular complexity index is 1550. The van der Waals surface area contributed by atoms with Crippen LogP contribution in [0.15, 0.2) is 68.4 Å². The Hall–Kier alpha value is -5.33. The lowest BCUT2D eigenvalue weighted by Gasteiger charge is -2.07. The third-order valence-electron chi connectivity index (χ3n) is 5.15. The van der Waals surface area contributed by atoms with Crippen LogP contribution < -0.4 is 15.7 Å². The Morgan fingerprint density at radius 2 is 1.72 bits per heavy atom. The quantitative estimate of drug-likeness (QED) is 0.131. The van der Waals surface area contributed by atoms with Gasteiger partial charge in [0.1, 0.15) is 28.2 Å². The van der Waals surface area contributed by atoms with Crippen molar-refractivity contribution < 1.29 is 33.0 Å². The number of benzene rings is 2. The van der Waals surface area contributed by atoms with Gasteiger partial charge in [0, 0.05) is 23.6 Å². The van der Waals surface area contributed by atoms with Crippen LogP contribution in [0.2, 0.25) is 0 Å². The van der Waals surface area contributed by atoms with Crippen molar-refractivity contribution in [2.24, 2.45) is 0 Å². The molecule has 0 aliphatic heterocycles. The lowest BCUT2D eigenvalue weighted by atomic mass is 10.1. The normalized spacial score (nSPS) is 10.7. The number of carbonyl (C=O) groups is 2. The summed E-state index contributed by atoms with van der Waals surface area (Å²) in [6, 6.07) is 10.3. The molecular formula is C23H15N3O10. The van der Waals surface area contributed by atoms with Crippen molar-refractivity contribution >= 4 is 34.2 Å². The van der Waals surface area contributed by atoms with Crippen molar-refractivity contribution in [3.05, 3.63) is 108 Å². The summed E-state index contributed by atoms with van der Waals surface area (Å²) in [4.78, 5) is 58.1. The molecule has 1 N–H and O–H groups in total. The predicted molar refractivity (Wildman–Crippen MR) is 122 cm³/mol. The molecule has 4 rings (SSSR count). The summed E-state index contributed by atoms with van der Waals surface area (Å²) in [6.45, 7) is 1.26. The molecule has 0 bridgehead atoms. The first-order chi connectivity index (χ1) is 17.1. The van der Waals surface area contributed by atoms with E-state index in [1.807, 2.05) is 0 Å². The fourth-order valence-corrected chi connectivity index (χ4v) is 3.34. The second-order valence-corrected chi connectivity index (χ2v) is 7.45. The van der Waals surface area contributed by atoms with E-state index in [0.717, 1.165) is 12.1 Å². The molecule has 1 amide bonds. The van der Waals surface area contributed by atoms with Crippen molar-refractivity contribution in [2.45, 2.75) is 13.5 Å². The number of nitro groups is 2. The molecule has 4 aromatic rings. The van der Waals surface area contributed by atoms with Crippen LogP contribution in [0.25, 0.3) is 11.0 Å². The van der Waals surface area contributed by atoms with E-state index in [2.05, 4.69) is 5.32 Å². The molecule has 0 aliphatic carbocycles. The van der Waals surface area contributed by atoms with Gasteiger partial charge >= 0.3 is 11.6 Å². The molecule has 182 valence electrons.